The molecule has 3 nitrogen and oxygen atoms in total. The maximum Gasteiger partial charge on any atom is 0.115 e. The summed E-state index contributed by atoms with van der Waals surface area (Å²) in [6.45, 7) is 3.37. The predicted molar refractivity (Wildman–Crippen MR) is 120 cm³/mol. The molecule has 0 radical (unpaired) electrons. The van der Waals surface area contributed by atoms with Crippen molar-refractivity contribution in [2.45, 2.75) is 24.8 Å². The zero-order valence-corrected chi connectivity index (χ0v) is 18.1. The number of fused-ring (bicyclic) bond motifs is 1. The molecule has 1 aliphatic carbocycles. The lowest BCUT2D eigenvalue weighted by Gasteiger charge is -2.13. The second-order valence-corrected chi connectivity index (χ2v) is 9.32. The van der Waals surface area contributed by atoms with Gasteiger partial charge in [-0.25, -0.2) is 4.98 Å². The van der Waals surface area contributed by atoms with Crippen LogP contribution < -0.4 is 0 Å². The van der Waals surface area contributed by atoms with Gasteiger partial charge >= 0.3 is 0 Å². The summed E-state index contributed by atoms with van der Waals surface area (Å²) in [7, 11) is 0. The van der Waals surface area contributed by atoms with E-state index in [0.29, 0.717) is 18.8 Å². The molecule has 1 aliphatic rings. The molecule has 4 rings (SSSR count). The molecule has 0 amide bonds. The smallest absolute Gasteiger partial charge is 0.115 e. The molecule has 6 heteroatoms. The number of allylic oxidation sites excluding steroid dienone is 1. The first-order valence-electron chi connectivity index (χ1n) is 9.27. The lowest BCUT2D eigenvalue weighted by molar-refractivity contribution is 0.164. The van der Waals surface area contributed by atoms with Gasteiger partial charge in [0.1, 0.15) is 11.1 Å². The minimum absolute atomic E-state index is 0.664. The van der Waals surface area contributed by atoms with Crippen LogP contribution >= 0.6 is 34.4 Å². The molecule has 0 unspecified atom stereocenters. The molecular formula is C22H20N2OS3. The highest BCUT2D eigenvalue weighted by Crippen LogP contribution is 2.44. The Morgan fingerprint density at radius 1 is 1.25 bits per heavy atom. The third-order valence-electron chi connectivity index (χ3n) is 4.62. The lowest BCUT2D eigenvalue weighted by Crippen LogP contribution is -2.02. The first-order chi connectivity index (χ1) is 13.8. The number of hydrogen-bond acceptors (Lipinski definition) is 6. The van der Waals surface area contributed by atoms with Crippen LogP contribution in [0.2, 0.25) is 0 Å². The number of thiophene rings is 2. The Kier molecular flexibility index (Phi) is 6.28. The first kappa shape index (κ1) is 19.4. The SMILES string of the molecule is CCOCCSc1nc2c(c(-c3cccs3)c1C#N)CC/C2=C\c1cccs1. The largest absolute Gasteiger partial charge is 0.381 e. The summed E-state index contributed by atoms with van der Waals surface area (Å²) in [6.07, 6.45) is 4.16. The average molecular weight is 425 g/mol. The summed E-state index contributed by atoms with van der Waals surface area (Å²) < 4.78 is 5.48. The van der Waals surface area contributed by atoms with E-state index in [9.17, 15) is 5.26 Å². The number of ether oxygens (including phenoxy) is 1. The van der Waals surface area contributed by atoms with E-state index in [0.717, 1.165) is 39.8 Å². The van der Waals surface area contributed by atoms with Gasteiger partial charge in [-0.15, -0.1) is 34.4 Å². The molecule has 0 aliphatic heterocycles. The van der Waals surface area contributed by atoms with Gasteiger partial charge in [0.25, 0.3) is 0 Å². The summed E-state index contributed by atoms with van der Waals surface area (Å²) in [6, 6.07) is 10.8. The van der Waals surface area contributed by atoms with Gasteiger partial charge in [0.05, 0.1) is 17.9 Å². The van der Waals surface area contributed by atoms with Crippen molar-refractivity contribution in [2.24, 2.45) is 0 Å². The highest BCUT2D eigenvalue weighted by Gasteiger charge is 2.27. The standard InChI is InChI=1S/C22H20N2OS3/c1-2-25-9-12-28-22-18(14-23)20(19-6-4-11-27-19)17-8-7-15(21(17)24-22)13-16-5-3-10-26-16/h3-6,10-11,13H,2,7-9,12H2,1H3/b15-13+. The second-order valence-electron chi connectivity index (χ2n) is 6.31. The van der Waals surface area contributed by atoms with Crippen LogP contribution in [-0.2, 0) is 11.2 Å². The number of thioether (sulfide) groups is 1. The molecule has 0 atom stereocenters. The zero-order chi connectivity index (χ0) is 19.3. The average Bonchev–Trinajstić information content (AvgIpc) is 3.47. The quantitative estimate of drug-likeness (QED) is 0.327. The monoisotopic (exact) mass is 424 g/mol. The topological polar surface area (TPSA) is 45.9 Å². The fraction of sp³-hybridized carbons (Fsp3) is 0.273. The van der Waals surface area contributed by atoms with Crippen molar-refractivity contribution in [3.8, 4) is 16.5 Å². The third-order valence-corrected chi connectivity index (χ3v) is 7.27. The molecule has 0 saturated heterocycles. The van der Waals surface area contributed by atoms with Crippen molar-refractivity contribution in [2.75, 3.05) is 19.0 Å². The van der Waals surface area contributed by atoms with E-state index in [1.165, 1.54) is 16.0 Å². The van der Waals surface area contributed by atoms with Crippen molar-refractivity contribution < 1.29 is 4.74 Å². The van der Waals surface area contributed by atoms with Crippen LogP contribution in [0.4, 0.5) is 0 Å². The Morgan fingerprint density at radius 2 is 2.11 bits per heavy atom. The zero-order valence-electron chi connectivity index (χ0n) is 15.6. The van der Waals surface area contributed by atoms with E-state index in [2.05, 4.69) is 41.1 Å². The van der Waals surface area contributed by atoms with Crippen LogP contribution in [0, 0.1) is 11.3 Å². The Hall–Kier alpha value is -1.91. The van der Waals surface area contributed by atoms with Crippen LogP contribution in [0.25, 0.3) is 22.1 Å². The summed E-state index contributed by atoms with van der Waals surface area (Å²) in [5.41, 5.74) is 5.34. The molecule has 142 valence electrons. The Balaban J connectivity index is 1.82. The molecule has 0 N–H and O–H groups in total. The molecule has 28 heavy (non-hydrogen) atoms. The van der Waals surface area contributed by atoms with E-state index in [-0.39, 0.29) is 0 Å². The van der Waals surface area contributed by atoms with Crippen molar-refractivity contribution in [3.05, 3.63) is 56.7 Å². The van der Waals surface area contributed by atoms with E-state index < -0.39 is 0 Å². The summed E-state index contributed by atoms with van der Waals surface area (Å²) in [4.78, 5) is 7.38. The first-order valence-corrected chi connectivity index (χ1v) is 12.0. The fourth-order valence-corrected chi connectivity index (χ4v) is 5.74. The predicted octanol–water partition coefficient (Wildman–Crippen LogP) is 6.36. The fourth-order valence-electron chi connectivity index (χ4n) is 3.42. The van der Waals surface area contributed by atoms with Gasteiger partial charge in [0.2, 0.25) is 0 Å². The molecule has 0 aromatic carbocycles. The van der Waals surface area contributed by atoms with E-state index >= 15 is 0 Å². The van der Waals surface area contributed by atoms with Crippen molar-refractivity contribution in [1.82, 2.24) is 4.98 Å². The van der Waals surface area contributed by atoms with E-state index in [4.69, 9.17) is 9.72 Å². The highest BCUT2D eigenvalue weighted by atomic mass is 32.2. The van der Waals surface area contributed by atoms with Crippen molar-refractivity contribution >= 4 is 46.1 Å². The van der Waals surface area contributed by atoms with Crippen LogP contribution in [0.5, 0.6) is 0 Å². The number of aromatic nitrogens is 1. The number of nitriles is 1. The molecule has 3 aromatic heterocycles. The summed E-state index contributed by atoms with van der Waals surface area (Å²) >= 11 is 5.05. The van der Waals surface area contributed by atoms with Crippen molar-refractivity contribution in [3.63, 3.8) is 0 Å². The Labute approximate surface area is 177 Å². The molecule has 0 fully saturated rings. The molecule has 3 aromatic rings. The summed E-state index contributed by atoms with van der Waals surface area (Å²) in [5, 5.41) is 15.0. The van der Waals surface area contributed by atoms with Crippen molar-refractivity contribution in [1.29, 1.82) is 5.26 Å². The second kappa shape index (κ2) is 9.06. The van der Waals surface area contributed by atoms with Gasteiger partial charge in [-0.1, -0.05) is 12.1 Å². The minimum atomic E-state index is 0.664. The minimum Gasteiger partial charge on any atom is -0.381 e. The van der Waals surface area contributed by atoms with Crippen LogP contribution in [0.3, 0.4) is 0 Å². The number of pyridine rings is 1. The van der Waals surface area contributed by atoms with Crippen LogP contribution in [0.1, 0.15) is 35.0 Å². The normalized spacial score (nSPS) is 14.4. The van der Waals surface area contributed by atoms with Gasteiger partial charge in [-0.2, -0.15) is 5.26 Å². The molecular weight excluding hydrogens is 404 g/mol. The molecule has 3 heterocycles. The Morgan fingerprint density at radius 3 is 2.82 bits per heavy atom. The maximum absolute atomic E-state index is 9.96. The van der Waals surface area contributed by atoms with Gasteiger partial charge in [-0.05, 0) is 59.9 Å². The number of hydrogen-bond donors (Lipinski definition) is 0. The molecule has 0 bridgehead atoms. The Bertz CT molecular complexity index is 1020. The molecule has 0 saturated carbocycles. The summed E-state index contributed by atoms with van der Waals surface area (Å²) in [5.74, 6) is 0.794. The number of nitrogens with zero attached hydrogens (tertiary/aromatic N) is 2. The van der Waals surface area contributed by atoms with Crippen LogP contribution in [-0.4, -0.2) is 24.0 Å². The van der Waals surface area contributed by atoms with Gasteiger partial charge in [-0.3, -0.25) is 0 Å². The van der Waals surface area contributed by atoms with Gasteiger partial charge in [0, 0.05) is 27.7 Å². The number of rotatable bonds is 7. The van der Waals surface area contributed by atoms with Gasteiger partial charge in [0.15, 0.2) is 0 Å². The maximum atomic E-state index is 9.96. The van der Waals surface area contributed by atoms with Gasteiger partial charge < -0.3 is 4.74 Å². The van der Waals surface area contributed by atoms with Crippen LogP contribution in [0.15, 0.2) is 40.1 Å². The third kappa shape index (κ3) is 3.94. The van der Waals surface area contributed by atoms with E-state index in [1.807, 2.05) is 13.0 Å². The lowest BCUT2D eigenvalue weighted by atomic mass is 10.0. The molecule has 0 spiro atoms. The van der Waals surface area contributed by atoms with E-state index in [1.54, 1.807) is 34.4 Å². The highest BCUT2D eigenvalue weighted by molar-refractivity contribution is 7.99.